The summed E-state index contributed by atoms with van der Waals surface area (Å²) >= 11 is 1.63. The molecule has 1 unspecified atom stereocenters. The number of carboxylic acids is 1. The lowest BCUT2D eigenvalue weighted by atomic mass is 9.92. The van der Waals surface area contributed by atoms with Crippen LogP contribution in [0.4, 0.5) is 8.78 Å². The third-order valence-corrected chi connectivity index (χ3v) is 4.68. The second-order valence-electron chi connectivity index (χ2n) is 5.32. The van der Waals surface area contributed by atoms with E-state index in [1.807, 2.05) is 0 Å². The second-order valence-corrected chi connectivity index (χ2v) is 6.55. The van der Waals surface area contributed by atoms with Gasteiger partial charge in [0, 0.05) is 6.07 Å². The molecular formula is C15H17F2NO4S. The van der Waals surface area contributed by atoms with Gasteiger partial charge in [0.25, 0.3) is 5.91 Å². The number of hydrogen-bond donors (Lipinski definition) is 2. The maximum absolute atomic E-state index is 13.1. The molecule has 1 aliphatic rings. The van der Waals surface area contributed by atoms with Crippen molar-refractivity contribution >= 4 is 23.6 Å². The van der Waals surface area contributed by atoms with Crippen LogP contribution in [0, 0.1) is 11.6 Å². The van der Waals surface area contributed by atoms with Crippen molar-refractivity contribution in [2.75, 3.05) is 11.5 Å². The summed E-state index contributed by atoms with van der Waals surface area (Å²) in [5.74, 6) is -2.50. The van der Waals surface area contributed by atoms with E-state index in [1.165, 1.54) is 13.0 Å². The molecule has 0 radical (unpaired) electrons. The van der Waals surface area contributed by atoms with Crippen LogP contribution in [0.2, 0.25) is 0 Å². The SMILES string of the molecule is CC(Oc1ccc(F)c(F)c1)C(=O)NC1(C(=O)O)CCSCC1. The Hall–Kier alpha value is -1.83. The van der Waals surface area contributed by atoms with E-state index in [-0.39, 0.29) is 5.75 Å². The van der Waals surface area contributed by atoms with Crippen LogP contribution < -0.4 is 10.1 Å². The molecule has 126 valence electrons. The molecular weight excluding hydrogens is 328 g/mol. The average molecular weight is 345 g/mol. The zero-order valence-corrected chi connectivity index (χ0v) is 13.3. The van der Waals surface area contributed by atoms with Crippen LogP contribution in [0.25, 0.3) is 0 Å². The topological polar surface area (TPSA) is 75.6 Å². The molecule has 1 atom stereocenters. The standard InChI is InChI=1S/C15H17F2NO4S/c1-9(22-10-2-3-11(16)12(17)8-10)13(19)18-15(14(20)21)4-6-23-7-5-15/h2-3,8-9H,4-7H2,1H3,(H,18,19)(H,20,21). The highest BCUT2D eigenvalue weighted by molar-refractivity contribution is 7.99. The molecule has 23 heavy (non-hydrogen) atoms. The maximum atomic E-state index is 13.1. The molecule has 0 aliphatic carbocycles. The molecule has 1 aromatic carbocycles. The number of benzene rings is 1. The molecule has 1 aliphatic heterocycles. The van der Waals surface area contributed by atoms with Crippen LogP contribution in [0.5, 0.6) is 5.75 Å². The molecule has 1 amide bonds. The third kappa shape index (κ3) is 4.13. The number of carboxylic acid groups (broad SMARTS) is 1. The minimum Gasteiger partial charge on any atom is -0.481 e. The number of aliphatic carboxylic acids is 1. The minimum atomic E-state index is -1.30. The molecule has 2 N–H and O–H groups in total. The predicted molar refractivity (Wildman–Crippen MR) is 81.5 cm³/mol. The molecule has 1 aromatic rings. The van der Waals surface area contributed by atoms with E-state index < -0.39 is 35.2 Å². The quantitative estimate of drug-likeness (QED) is 0.856. The van der Waals surface area contributed by atoms with Gasteiger partial charge in [-0.2, -0.15) is 11.8 Å². The second kappa shape index (κ2) is 7.16. The normalized spacial score (nSPS) is 18.0. The number of halogens is 2. The lowest BCUT2D eigenvalue weighted by Crippen LogP contribution is -2.58. The van der Waals surface area contributed by atoms with Gasteiger partial charge in [0.2, 0.25) is 0 Å². The molecule has 1 saturated heterocycles. The van der Waals surface area contributed by atoms with E-state index in [0.717, 1.165) is 12.1 Å². The van der Waals surface area contributed by atoms with Gasteiger partial charge in [-0.25, -0.2) is 13.6 Å². The minimum absolute atomic E-state index is 0.00451. The molecule has 5 nitrogen and oxygen atoms in total. The van der Waals surface area contributed by atoms with Gasteiger partial charge in [0.1, 0.15) is 11.3 Å². The zero-order valence-electron chi connectivity index (χ0n) is 12.5. The molecule has 8 heteroatoms. The third-order valence-electron chi connectivity index (χ3n) is 3.69. The van der Waals surface area contributed by atoms with Gasteiger partial charge in [-0.05, 0) is 43.4 Å². The number of rotatable bonds is 5. The van der Waals surface area contributed by atoms with Crippen LogP contribution >= 0.6 is 11.8 Å². The van der Waals surface area contributed by atoms with Crippen LogP contribution in [0.1, 0.15) is 19.8 Å². The molecule has 0 spiro atoms. The molecule has 0 bridgehead atoms. The van der Waals surface area contributed by atoms with Crippen LogP contribution in [0.15, 0.2) is 18.2 Å². The summed E-state index contributed by atoms with van der Waals surface area (Å²) in [5.41, 5.74) is -1.30. The van der Waals surface area contributed by atoms with Crippen molar-refractivity contribution in [2.45, 2.75) is 31.4 Å². The molecule has 1 heterocycles. The first kappa shape index (κ1) is 17.5. The smallest absolute Gasteiger partial charge is 0.329 e. The van der Waals surface area contributed by atoms with Crippen LogP contribution in [-0.2, 0) is 9.59 Å². The number of nitrogens with one attached hydrogen (secondary N) is 1. The lowest BCUT2D eigenvalue weighted by Gasteiger charge is -2.34. The van der Waals surface area contributed by atoms with Gasteiger partial charge in [0.05, 0.1) is 0 Å². The Morgan fingerprint density at radius 1 is 1.30 bits per heavy atom. The Balaban J connectivity index is 2.03. The number of thioether (sulfide) groups is 1. The summed E-state index contributed by atoms with van der Waals surface area (Å²) in [4.78, 5) is 23.7. The van der Waals surface area contributed by atoms with E-state index >= 15 is 0 Å². The van der Waals surface area contributed by atoms with Crippen molar-refractivity contribution < 1.29 is 28.2 Å². The van der Waals surface area contributed by atoms with Crippen molar-refractivity contribution in [3.05, 3.63) is 29.8 Å². The van der Waals surface area contributed by atoms with E-state index in [0.29, 0.717) is 24.3 Å². The van der Waals surface area contributed by atoms with E-state index in [9.17, 15) is 23.5 Å². The Labute approximate surface area is 136 Å². The highest BCUT2D eigenvalue weighted by atomic mass is 32.2. The van der Waals surface area contributed by atoms with Gasteiger partial charge >= 0.3 is 5.97 Å². The van der Waals surface area contributed by atoms with Crippen molar-refractivity contribution in [2.24, 2.45) is 0 Å². The van der Waals surface area contributed by atoms with E-state index in [4.69, 9.17) is 4.74 Å². The summed E-state index contributed by atoms with van der Waals surface area (Å²) in [5, 5.41) is 12.0. The molecule has 0 aromatic heterocycles. The number of ether oxygens (including phenoxy) is 1. The Morgan fingerprint density at radius 2 is 1.96 bits per heavy atom. The summed E-state index contributed by atoms with van der Waals surface area (Å²) in [6, 6.07) is 2.93. The van der Waals surface area contributed by atoms with E-state index in [2.05, 4.69) is 5.32 Å². The number of carbonyl (C=O) groups is 2. The summed E-state index contributed by atoms with van der Waals surface area (Å²) in [6.07, 6.45) is -0.376. The fraction of sp³-hybridized carbons (Fsp3) is 0.467. The van der Waals surface area contributed by atoms with Gasteiger partial charge in [-0.15, -0.1) is 0 Å². The van der Waals surface area contributed by atoms with Crippen molar-refractivity contribution in [3.8, 4) is 5.75 Å². The average Bonchev–Trinajstić information content (AvgIpc) is 2.51. The fourth-order valence-electron chi connectivity index (χ4n) is 2.26. The largest absolute Gasteiger partial charge is 0.481 e. The highest BCUT2D eigenvalue weighted by Crippen LogP contribution is 2.27. The predicted octanol–water partition coefficient (Wildman–Crippen LogP) is 2.20. The Kier molecular flexibility index (Phi) is 5.46. The molecule has 0 saturated carbocycles. The number of hydrogen-bond acceptors (Lipinski definition) is 4. The first-order valence-electron chi connectivity index (χ1n) is 7.09. The summed E-state index contributed by atoms with van der Waals surface area (Å²) < 4.78 is 31.3. The van der Waals surface area contributed by atoms with Crippen molar-refractivity contribution in [1.82, 2.24) is 5.32 Å². The Morgan fingerprint density at radius 3 is 2.52 bits per heavy atom. The number of amides is 1. The Bertz CT molecular complexity index is 605. The van der Waals surface area contributed by atoms with Crippen molar-refractivity contribution in [1.29, 1.82) is 0 Å². The lowest BCUT2D eigenvalue weighted by molar-refractivity contribution is -0.149. The summed E-state index contributed by atoms with van der Waals surface area (Å²) in [7, 11) is 0. The summed E-state index contributed by atoms with van der Waals surface area (Å²) in [6.45, 7) is 1.42. The molecule has 1 fully saturated rings. The zero-order chi connectivity index (χ0) is 17.0. The van der Waals surface area contributed by atoms with Gasteiger partial charge < -0.3 is 15.2 Å². The van der Waals surface area contributed by atoms with Crippen molar-refractivity contribution in [3.63, 3.8) is 0 Å². The number of carbonyl (C=O) groups excluding carboxylic acids is 1. The van der Waals surface area contributed by atoms with Gasteiger partial charge in [-0.1, -0.05) is 0 Å². The fourth-order valence-corrected chi connectivity index (χ4v) is 3.45. The maximum Gasteiger partial charge on any atom is 0.329 e. The van der Waals surface area contributed by atoms with Crippen LogP contribution in [-0.4, -0.2) is 40.1 Å². The molecule has 2 rings (SSSR count). The van der Waals surface area contributed by atoms with Crippen LogP contribution in [0.3, 0.4) is 0 Å². The van der Waals surface area contributed by atoms with Gasteiger partial charge in [0.15, 0.2) is 17.7 Å². The van der Waals surface area contributed by atoms with Gasteiger partial charge in [-0.3, -0.25) is 4.79 Å². The first-order valence-corrected chi connectivity index (χ1v) is 8.24. The monoisotopic (exact) mass is 345 g/mol. The van der Waals surface area contributed by atoms with E-state index in [1.54, 1.807) is 11.8 Å². The first-order chi connectivity index (χ1) is 10.8. The highest BCUT2D eigenvalue weighted by Gasteiger charge is 2.42.